The third kappa shape index (κ3) is 5.16. The Morgan fingerprint density at radius 3 is 2.71 bits per heavy atom. The van der Waals surface area contributed by atoms with Gasteiger partial charge in [-0.2, -0.15) is 0 Å². The second-order valence-electron chi connectivity index (χ2n) is 6.44. The molecule has 1 fully saturated rings. The Kier molecular flexibility index (Phi) is 6.24. The van der Waals surface area contributed by atoms with E-state index in [-0.39, 0.29) is 11.9 Å². The van der Waals surface area contributed by atoms with Gasteiger partial charge < -0.3 is 5.32 Å². The monoisotopic (exact) mass is 288 g/mol. The van der Waals surface area contributed by atoms with Crippen LogP contribution in [0.5, 0.6) is 0 Å². The Morgan fingerprint density at radius 2 is 2.00 bits per heavy atom. The molecule has 1 aliphatic heterocycles. The van der Waals surface area contributed by atoms with Crippen LogP contribution in [0.2, 0.25) is 0 Å². The van der Waals surface area contributed by atoms with Crippen molar-refractivity contribution >= 4 is 5.91 Å². The summed E-state index contributed by atoms with van der Waals surface area (Å²) in [7, 11) is 0. The van der Waals surface area contributed by atoms with E-state index in [0.29, 0.717) is 5.92 Å². The van der Waals surface area contributed by atoms with Crippen molar-refractivity contribution in [3.8, 4) is 0 Å². The highest BCUT2D eigenvalue weighted by Crippen LogP contribution is 2.17. The fourth-order valence-electron chi connectivity index (χ4n) is 2.86. The summed E-state index contributed by atoms with van der Waals surface area (Å²) in [5.41, 5.74) is 1.29. The molecule has 1 saturated heterocycles. The first-order valence-corrected chi connectivity index (χ1v) is 8.22. The molecule has 0 saturated carbocycles. The van der Waals surface area contributed by atoms with Crippen molar-refractivity contribution in [1.82, 2.24) is 10.2 Å². The molecule has 0 aliphatic carbocycles. The minimum absolute atomic E-state index is 0.0338. The molecule has 21 heavy (non-hydrogen) atoms. The molecule has 1 heterocycles. The molecule has 1 unspecified atom stereocenters. The lowest BCUT2D eigenvalue weighted by Gasteiger charge is -2.30. The number of hydrogen-bond donors (Lipinski definition) is 1. The first-order chi connectivity index (χ1) is 10.2. The molecular weight excluding hydrogens is 260 g/mol. The van der Waals surface area contributed by atoms with Gasteiger partial charge in [-0.1, -0.05) is 44.2 Å². The van der Waals surface area contributed by atoms with Gasteiger partial charge in [0.15, 0.2) is 0 Å². The van der Waals surface area contributed by atoms with Crippen molar-refractivity contribution in [2.45, 2.75) is 52.1 Å². The highest BCUT2D eigenvalue weighted by atomic mass is 16.2. The molecule has 0 bridgehead atoms. The van der Waals surface area contributed by atoms with E-state index in [1.807, 2.05) is 6.07 Å². The van der Waals surface area contributed by atoms with Crippen LogP contribution in [-0.4, -0.2) is 29.9 Å². The molecule has 1 amide bonds. The standard InChI is InChI=1S/C18H28N2O/c1-15(2)11-13-20(14-16-8-4-3-5-9-16)17-10-6-7-12-19-18(17)21/h3-5,8-9,15,17H,6-7,10-14H2,1-2H3,(H,19,21). The number of nitrogens with one attached hydrogen (secondary N) is 1. The van der Waals surface area contributed by atoms with Crippen molar-refractivity contribution in [2.24, 2.45) is 5.92 Å². The van der Waals surface area contributed by atoms with Gasteiger partial charge in [0, 0.05) is 13.1 Å². The molecule has 2 rings (SSSR count). The summed E-state index contributed by atoms with van der Waals surface area (Å²) >= 11 is 0. The Labute approximate surface area is 128 Å². The average molecular weight is 288 g/mol. The molecule has 1 aliphatic rings. The topological polar surface area (TPSA) is 32.3 Å². The van der Waals surface area contributed by atoms with Gasteiger partial charge in [-0.3, -0.25) is 9.69 Å². The van der Waals surface area contributed by atoms with E-state index in [1.165, 1.54) is 5.56 Å². The lowest BCUT2D eigenvalue weighted by molar-refractivity contribution is -0.126. The molecule has 3 nitrogen and oxygen atoms in total. The number of carbonyl (C=O) groups is 1. The van der Waals surface area contributed by atoms with Gasteiger partial charge in [0.05, 0.1) is 6.04 Å². The second kappa shape index (κ2) is 8.18. The van der Waals surface area contributed by atoms with Crippen LogP contribution in [0.25, 0.3) is 0 Å². The second-order valence-corrected chi connectivity index (χ2v) is 6.44. The lowest BCUT2D eigenvalue weighted by Crippen LogP contribution is -2.46. The zero-order valence-corrected chi connectivity index (χ0v) is 13.3. The summed E-state index contributed by atoms with van der Waals surface area (Å²) < 4.78 is 0. The molecule has 1 atom stereocenters. The molecule has 0 aromatic heterocycles. The fourth-order valence-corrected chi connectivity index (χ4v) is 2.86. The molecule has 1 aromatic carbocycles. The zero-order valence-electron chi connectivity index (χ0n) is 13.3. The van der Waals surface area contributed by atoms with Crippen molar-refractivity contribution < 1.29 is 4.79 Å². The normalized spacial score (nSPS) is 19.6. The maximum Gasteiger partial charge on any atom is 0.237 e. The van der Waals surface area contributed by atoms with E-state index in [4.69, 9.17) is 0 Å². The van der Waals surface area contributed by atoms with Crippen LogP contribution in [0.4, 0.5) is 0 Å². The van der Waals surface area contributed by atoms with Crippen LogP contribution in [0.1, 0.15) is 45.1 Å². The Bertz CT molecular complexity index is 430. The van der Waals surface area contributed by atoms with Crippen LogP contribution in [0.15, 0.2) is 30.3 Å². The molecule has 1 N–H and O–H groups in total. The number of rotatable bonds is 6. The summed E-state index contributed by atoms with van der Waals surface area (Å²) in [5.74, 6) is 0.879. The number of benzene rings is 1. The van der Waals surface area contributed by atoms with Gasteiger partial charge in [-0.25, -0.2) is 0 Å². The van der Waals surface area contributed by atoms with E-state index >= 15 is 0 Å². The Morgan fingerprint density at radius 1 is 1.24 bits per heavy atom. The number of amides is 1. The minimum atomic E-state index is 0.0338. The van der Waals surface area contributed by atoms with Crippen LogP contribution in [0, 0.1) is 5.92 Å². The summed E-state index contributed by atoms with van der Waals surface area (Å²) in [6.45, 7) is 7.18. The summed E-state index contributed by atoms with van der Waals surface area (Å²) in [6, 6.07) is 10.5. The summed E-state index contributed by atoms with van der Waals surface area (Å²) in [4.78, 5) is 14.7. The largest absolute Gasteiger partial charge is 0.355 e. The van der Waals surface area contributed by atoms with Crippen molar-refractivity contribution in [1.29, 1.82) is 0 Å². The van der Waals surface area contributed by atoms with Crippen LogP contribution < -0.4 is 5.32 Å². The average Bonchev–Trinajstić information content (AvgIpc) is 2.69. The van der Waals surface area contributed by atoms with Crippen molar-refractivity contribution in [3.63, 3.8) is 0 Å². The summed E-state index contributed by atoms with van der Waals surface area (Å²) in [6.07, 6.45) is 4.36. The maximum absolute atomic E-state index is 12.3. The van der Waals surface area contributed by atoms with Crippen LogP contribution in [-0.2, 0) is 11.3 Å². The molecule has 1 aromatic rings. The number of hydrogen-bond acceptors (Lipinski definition) is 2. The number of carbonyl (C=O) groups excluding carboxylic acids is 1. The maximum atomic E-state index is 12.3. The van der Waals surface area contributed by atoms with Gasteiger partial charge in [-0.05, 0) is 43.7 Å². The predicted octanol–water partition coefficient (Wildman–Crippen LogP) is 3.20. The Hall–Kier alpha value is -1.35. The van der Waals surface area contributed by atoms with Gasteiger partial charge >= 0.3 is 0 Å². The Balaban J connectivity index is 2.08. The predicted molar refractivity (Wildman–Crippen MR) is 87.0 cm³/mol. The fraction of sp³-hybridized carbons (Fsp3) is 0.611. The first-order valence-electron chi connectivity index (χ1n) is 8.22. The minimum Gasteiger partial charge on any atom is -0.355 e. The molecule has 116 valence electrons. The van der Waals surface area contributed by atoms with Gasteiger partial charge in [0.25, 0.3) is 0 Å². The van der Waals surface area contributed by atoms with Crippen LogP contribution >= 0.6 is 0 Å². The van der Waals surface area contributed by atoms with Crippen molar-refractivity contribution in [2.75, 3.05) is 13.1 Å². The third-order valence-corrected chi connectivity index (χ3v) is 4.17. The first kappa shape index (κ1) is 16.0. The highest BCUT2D eigenvalue weighted by Gasteiger charge is 2.27. The van der Waals surface area contributed by atoms with E-state index < -0.39 is 0 Å². The SMILES string of the molecule is CC(C)CCN(Cc1ccccc1)C1CCCCNC1=O. The van der Waals surface area contributed by atoms with Gasteiger partial charge in [-0.15, -0.1) is 0 Å². The van der Waals surface area contributed by atoms with Gasteiger partial charge in [0.1, 0.15) is 0 Å². The quantitative estimate of drug-likeness (QED) is 0.872. The van der Waals surface area contributed by atoms with Crippen molar-refractivity contribution in [3.05, 3.63) is 35.9 Å². The van der Waals surface area contributed by atoms with Gasteiger partial charge in [0.2, 0.25) is 5.91 Å². The molecular formula is C18H28N2O. The van der Waals surface area contributed by atoms with E-state index in [2.05, 4.69) is 48.3 Å². The van der Waals surface area contributed by atoms with E-state index in [9.17, 15) is 4.79 Å². The highest BCUT2D eigenvalue weighted by molar-refractivity contribution is 5.81. The molecule has 0 spiro atoms. The summed E-state index contributed by atoms with van der Waals surface area (Å²) in [5, 5.41) is 3.07. The smallest absolute Gasteiger partial charge is 0.237 e. The van der Waals surface area contributed by atoms with Crippen LogP contribution in [0.3, 0.4) is 0 Å². The van der Waals surface area contributed by atoms with E-state index in [1.54, 1.807) is 0 Å². The molecule has 0 radical (unpaired) electrons. The lowest BCUT2D eigenvalue weighted by atomic mass is 10.0. The zero-order chi connectivity index (χ0) is 15.1. The third-order valence-electron chi connectivity index (χ3n) is 4.17. The molecule has 3 heteroatoms. The van der Waals surface area contributed by atoms with E-state index in [0.717, 1.165) is 45.3 Å². The number of nitrogens with zero attached hydrogens (tertiary/aromatic N) is 1.